The lowest BCUT2D eigenvalue weighted by Gasteiger charge is -2.44. The molecule has 0 bridgehead atoms. The third-order valence-electron chi connectivity index (χ3n) is 15.7. The summed E-state index contributed by atoms with van der Waals surface area (Å²) in [4.78, 5) is 4.93. The molecule has 1 aliphatic carbocycles. The number of fused-ring (bicyclic) bond motifs is 5. The van der Waals surface area contributed by atoms with Crippen molar-refractivity contribution in [3.63, 3.8) is 0 Å². The molecule has 0 fully saturated rings. The first-order chi connectivity index (χ1) is 36.5. The molecule has 10 aromatic carbocycles. The number of ether oxygens (including phenoxy) is 2. The summed E-state index contributed by atoms with van der Waals surface area (Å²) in [5, 5.41) is 3.89. The van der Waals surface area contributed by atoms with E-state index in [0.29, 0.717) is 23.0 Å². The summed E-state index contributed by atoms with van der Waals surface area (Å²) in [6, 6.07) is 80.3. The van der Waals surface area contributed by atoms with Crippen LogP contribution in [0.3, 0.4) is 0 Å². The van der Waals surface area contributed by atoms with Crippen molar-refractivity contribution in [3.8, 4) is 56.4 Å². The number of hydrogen-bond acceptors (Lipinski definition) is 5. The minimum absolute atomic E-state index is 0.0130. The second-order valence-corrected chi connectivity index (χ2v) is 21.6. The van der Waals surface area contributed by atoms with E-state index in [4.69, 9.17) is 9.47 Å². The van der Waals surface area contributed by atoms with Gasteiger partial charge >= 0.3 is 0 Å². The summed E-state index contributed by atoms with van der Waals surface area (Å²) in [5.41, 5.74) is 21.5. The Bertz CT molecular complexity index is 3740. The molecular formula is C69H57BN3O2. The monoisotopic (exact) mass is 970 g/mol. The van der Waals surface area contributed by atoms with Gasteiger partial charge in [0, 0.05) is 51.4 Å². The van der Waals surface area contributed by atoms with Gasteiger partial charge in [-0.15, -0.1) is 0 Å². The topological polar surface area (TPSA) is 37.0 Å². The highest BCUT2D eigenvalue weighted by Crippen LogP contribution is 2.53. The van der Waals surface area contributed by atoms with E-state index in [-0.39, 0.29) is 10.8 Å². The number of aryl methyl sites for hydroxylation is 1. The highest BCUT2D eigenvalue weighted by Gasteiger charge is 2.39. The number of rotatable bonds is 9. The Hall–Kier alpha value is -8.74. The van der Waals surface area contributed by atoms with Crippen LogP contribution >= 0.6 is 0 Å². The lowest BCUT2D eigenvalue weighted by atomic mass is 9.57. The van der Waals surface area contributed by atoms with E-state index >= 15 is 0 Å². The van der Waals surface area contributed by atoms with Crippen LogP contribution in [0.2, 0.25) is 0 Å². The van der Waals surface area contributed by atoms with Crippen LogP contribution in [0.4, 0.5) is 45.5 Å². The van der Waals surface area contributed by atoms with Gasteiger partial charge in [-0.05, 0) is 165 Å². The van der Waals surface area contributed by atoms with Crippen LogP contribution in [0.1, 0.15) is 57.2 Å². The molecule has 0 atom stereocenters. The number of hydrogen-bond donors (Lipinski definition) is 1. The summed E-state index contributed by atoms with van der Waals surface area (Å²) in [7, 11) is 2.40. The van der Waals surface area contributed by atoms with Crippen molar-refractivity contribution in [2.45, 2.75) is 58.3 Å². The van der Waals surface area contributed by atoms with Gasteiger partial charge in [-0.2, -0.15) is 0 Å². The van der Waals surface area contributed by atoms with E-state index in [1.165, 1.54) is 27.9 Å². The maximum absolute atomic E-state index is 6.75. The molecule has 2 aliphatic heterocycles. The highest BCUT2D eigenvalue weighted by atomic mass is 16.6. The fraction of sp³-hybridized carbons (Fsp3) is 0.130. The fourth-order valence-corrected chi connectivity index (χ4v) is 11.5. The zero-order chi connectivity index (χ0) is 50.8. The van der Waals surface area contributed by atoms with E-state index < -0.39 is 0 Å². The Balaban J connectivity index is 1.06. The first-order valence-electron chi connectivity index (χ1n) is 26.2. The minimum atomic E-state index is -0.0130. The molecule has 13 rings (SSSR count). The second-order valence-electron chi connectivity index (χ2n) is 21.6. The van der Waals surface area contributed by atoms with Gasteiger partial charge in [0.1, 0.15) is 0 Å². The first kappa shape index (κ1) is 46.1. The zero-order valence-corrected chi connectivity index (χ0v) is 43.1. The van der Waals surface area contributed by atoms with Crippen LogP contribution in [-0.2, 0) is 10.8 Å². The third kappa shape index (κ3) is 8.41. The van der Waals surface area contributed by atoms with Gasteiger partial charge in [-0.25, -0.2) is 0 Å². The van der Waals surface area contributed by atoms with Crippen LogP contribution in [0, 0.1) is 6.92 Å². The summed E-state index contributed by atoms with van der Waals surface area (Å²) in [6.45, 7) is 12.0. The van der Waals surface area contributed by atoms with Crippen molar-refractivity contribution in [3.05, 3.63) is 241 Å². The average Bonchev–Trinajstić information content (AvgIpc) is 3.45. The summed E-state index contributed by atoms with van der Waals surface area (Å²) < 4.78 is 13.4. The molecule has 363 valence electrons. The van der Waals surface area contributed by atoms with Crippen LogP contribution in [0.5, 0.6) is 23.0 Å². The largest absolute Gasteiger partial charge is 0.449 e. The Morgan fingerprint density at radius 1 is 0.440 bits per heavy atom. The number of para-hydroxylation sites is 4. The second kappa shape index (κ2) is 18.3. The summed E-state index contributed by atoms with van der Waals surface area (Å²) >= 11 is 0. The number of nitrogens with zero attached hydrogens (tertiary/aromatic N) is 2. The van der Waals surface area contributed by atoms with E-state index in [9.17, 15) is 0 Å². The van der Waals surface area contributed by atoms with Gasteiger partial charge in [-0.3, -0.25) is 0 Å². The molecule has 0 spiro atoms. The van der Waals surface area contributed by atoms with Gasteiger partial charge in [0.15, 0.2) is 30.3 Å². The Morgan fingerprint density at radius 3 is 1.59 bits per heavy atom. The first-order valence-corrected chi connectivity index (χ1v) is 26.2. The molecule has 0 amide bonds. The van der Waals surface area contributed by atoms with Crippen molar-refractivity contribution in [1.29, 1.82) is 0 Å². The SMILES string of the molecule is Cc1cc2c(cc1N1c3cc(N(c4ccccc4)c4ccccc4)ccc3[B]c3c(-c4cc5c(cc4Nc4ccc(-c6ccccc6)cc4)Oc4ccccc4O5)cc(-c4ccccc4)cc31)C(C)(C)CCC2(C)C. The summed E-state index contributed by atoms with van der Waals surface area (Å²) in [5.74, 6) is 2.67. The van der Waals surface area contributed by atoms with Crippen molar-refractivity contribution in [1.82, 2.24) is 0 Å². The maximum atomic E-state index is 6.75. The van der Waals surface area contributed by atoms with Crippen LogP contribution in [0.25, 0.3) is 33.4 Å². The number of anilines is 8. The molecule has 2 heterocycles. The Morgan fingerprint density at radius 2 is 0.973 bits per heavy atom. The van der Waals surface area contributed by atoms with Crippen LogP contribution in [0.15, 0.2) is 224 Å². The molecule has 5 nitrogen and oxygen atoms in total. The van der Waals surface area contributed by atoms with Crippen LogP contribution < -0.4 is 35.5 Å². The van der Waals surface area contributed by atoms with Crippen molar-refractivity contribution in [2.75, 3.05) is 15.1 Å². The normalized spacial score (nSPS) is 14.3. The highest BCUT2D eigenvalue weighted by molar-refractivity contribution is 6.73. The quantitative estimate of drug-likeness (QED) is 0.146. The predicted octanol–water partition coefficient (Wildman–Crippen LogP) is 17.9. The third-order valence-corrected chi connectivity index (χ3v) is 15.7. The Labute approximate surface area is 441 Å². The van der Waals surface area contributed by atoms with Gasteiger partial charge in [0.2, 0.25) is 0 Å². The van der Waals surface area contributed by atoms with E-state index in [1.54, 1.807) is 0 Å². The van der Waals surface area contributed by atoms with E-state index in [1.807, 2.05) is 24.3 Å². The minimum Gasteiger partial charge on any atom is -0.449 e. The standard InChI is InChI=1S/C69H57BN3O2/c1-45-38-56-57(69(4,5)37-36-68(56,2)3)43-60(45)73-61-41-53(72(51-24-14-8-15-25-51)52-26-16-9-17-27-52)34-35-58(61)70-67-55(39-49(40-62(67)73)47-22-12-7-13-23-47)54-42-65-66(75-64-29-19-18-28-63(64)74-65)44-59(54)71-50-32-30-48(31-33-50)46-20-10-6-11-21-46/h6-35,38-44,71H,36-37H2,1-5H3. The summed E-state index contributed by atoms with van der Waals surface area (Å²) in [6.07, 6.45) is 2.26. The molecule has 6 heteroatoms. The van der Waals surface area contributed by atoms with Gasteiger partial charge in [0.05, 0.1) is 5.69 Å². The molecule has 1 radical (unpaired) electrons. The molecule has 1 N–H and O–H groups in total. The number of nitrogens with one attached hydrogen (secondary N) is 1. The average molecular weight is 971 g/mol. The van der Waals surface area contributed by atoms with Gasteiger partial charge in [0.25, 0.3) is 0 Å². The molecular weight excluding hydrogens is 914 g/mol. The van der Waals surface area contributed by atoms with Crippen LogP contribution in [-0.4, -0.2) is 7.28 Å². The Kier molecular flexibility index (Phi) is 11.3. The molecule has 10 aromatic rings. The lowest BCUT2D eigenvalue weighted by molar-refractivity contribution is 0.332. The molecule has 0 aromatic heterocycles. The maximum Gasteiger partial charge on any atom is 0.197 e. The molecule has 0 saturated carbocycles. The van der Waals surface area contributed by atoms with Gasteiger partial charge < -0.3 is 24.6 Å². The van der Waals surface area contributed by atoms with Crippen molar-refractivity contribution < 1.29 is 9.47 Å². The van der Waals surface area contributed by atoms with E-state index in [2.05, 4.69) is 257 Å². The molecule has 0 saturated heterocycles. The molecule has 3 aliphatic rings. The van der Waals surface area contributed by atoms with Crippen molar-refractivity contribution >= 4 is 63.7 Å². The number of benzene rings is 10. The smallest absolute Gasteiger partial charge is 0.197 e. The molecule has 0 unspecified atom stereocenters. The van der Waals surface area contributed by atoms with Crippen molar-refractivity contribution in [2.24, 2.45) is 0 Å². The van der Waals surface area contributed by atoms with Gasteiger partial charge in [-0.1, -0.05) is 167 Å². The predicted molar refractivity (Wildman–Crippen MR) is 313 cm³/mol. The fourth-order valence-electron chi connectivity index (χ4n) is 11.5. The van der Waals surface area contributed by atoms with E-state index in [0.717, 1.165) is 91.4 Å². The zero-order valence-electron chi connectivity index (χ0n) is 43.1. The molecule has 75 heavy (non-hydrogen) atoms. The lowest BCUT2D eigenvalue weighted by Crippen LogP contribution is -2.41.